The molecular formula is C34H38Cl2FN3O4. The summed E-state index contributed by atoms with van der Waals surface area (Å²) >= 11 is 12.5. The highest BCUT2D eigenvalue weighted by atomic mass is 35.5. The minimum atomic E-state index is -0.922. The Morgan fingerprint density at radius 3 is 2.16 bits per heavy atom. The van der Waals surface area contributed by atoms with E-state index in [0.717, 1.165) is 36.2 Å². The van der Waals surface area contributed by atoms with Gasteiger partial charge in [0.15, 0.2) is 0 Å². The molecule has 0 bridgehead atoms. The SMILES string of the molecule is CCCCC(=O)N(CCN1CCOCC1)N1C(=O)[C@@H](Cc2ccc(F)cc2)O[C@H](c2ccc(Cl)cc2)[C@@H]1c1ccc(Cl)cc1. The number of benzene rings is 3. The van der Waals surface area contributed by atoms with Gasteiger partial charge in [-0.1, -0.05) is 72.9 Å². The van der Waals surface area contributed by atoms with Crippen molar-refractivity contribution < 1.29 is 23.5 Å². The zero-order valence-corrected chi connectivity index (χ0v) is 26.4. The largest absolute Gasteiger partial charge is 0.379 e. The number of nitrogens with zero attached hydrogens (tertiary/aromatic N) is 3. The number of hydrazine groups is 1. The molecule has 0 spiro atoms. The van der Waals surface area contributed by atoms with Crippen LogP contribution in [0.15, 0.2) is 72.8 Å². The molecule has 3 aromatic carbocycles. The van der Waals surface area contributed by atoms with Crippen molar-refractivity contribution in [2.24, 2.45) is 0 Å². The lowest BCUT2D eigenvalue weighted by atomic mass is 9.91. The Bertz CT molecular complexity index is 1390. The molecule has 2 amide bonds. The molecule has 0 saturated carbocycles. The predicted molar refractivity (Wildman–Crippen MR) is 169 cm³/mol. The summed E-state index contributed by atoms with van der Waals surface area (Å²) in [6.07, 6.45) is 0.521. The highest BCUT2D eigenvalue weighted by Gasteiger charge is 2.47. The number of ether oxygens (including phenoxy) is 2. The van der Waals surface area contributed by atoms with Crippen molar-refractivity contribution in [1.29, 1.82) is 0 Å². The maximum Gasteiger partial charge on any atom is 0.271 e. The number of carbonyl (C=O) groups excluding carboxylic acids is 2. The molecule has 3 atom stereocenters. The van der Waals surface area contributed by atoms with Crippen molar-refractivity contribution >= 4 is 35.0 Å². The Hall–Kier alpha value is -3.01. The van der Waals surface area contributed by atoms with Gasteiger partial charge in [-0.2, -0.15) is 0 Å². The Kier molecular flexibility index (Phi) is 11.3. The molecule has 0 N–H and O–H groups in total. The van der Waals surface area contributed by atoms with Crippen LogP contribution in [0.1, 0.15) is 55.0 Å². The number of hydrogen-bond acceptors (Lipinski definition) is 5. The Morgan fingerprint density at radius 1 is 0.932 bits per heavy atom. The van der Waals surface area contributed by atoms with Gasteiger partial charge in [0.25, 0.3) is 5.91 Å². The third-order valence-corrected chi connectivity index (χ3v) is 8.63. The number of rotatable bonds is 11. The Labute approximate surface area is 268 Å². The molecule has 2 aliphatic rings. The van der Waals surface area contributed by atoms with Crippen molar-refractivity contribution in [2.75, 3.05) is 39.4 Å². The van der Waals surface area contributed by atoms with E-state index in [1.165, 1.54) is 12.1 Å². The van der Waals surface area contributed by atoms with E-state index < -0.39 is 18.2 Å². The highest BCUT2D eigenvalue weighted by Crippen LogP contribution is 2.44. The minimum absolute atomic E-state index is 0.121. The molecule has 0 aliphatic carbocycles. The average Bonchev–Trinajstić information content (AvgIpc) is 3.04. The minimum Gasteiger partial charge on any atom is -0.379 e. The first-order chi connectivity index (χ1) is 21.3. The van der Waals surface area contributed by atoms with Gasteiger partial charge in [-0.05, 0) is 59.5 Å². The van der Waals surface area contributed by atoms with Gasteiger partial charge >= 0.3 is 0 Å². The molecule has 7 nitrogen and oxygen atoms in total. The summed E-state index contributed by atoms with van der Waals surface area (Å²) in [4.78, 5) is 30.9. The zero-order chi connectivity index (χ0) is 31.1. The van der Waals surface area contributed by atoms with E-state index in [9.17, 15) is 14.0 Å². The summed E-state index contributed by atoms with van der Waals surface area (Å²) in [5.74, 6) is -0.806. The van der Waals surface area contributed by atoms with E-state index in [2.05, 4.69) is 4.90 Å². The van der Waals surface area contributed by atoms with Crippen LogP contribution in [-0.2, 0) is 25.5 Å². The third kappa shape index (κ3) is 7.98. The molecule has 10 heteroatoms. The second-order valence-electron chi connectivity index (χ2n) is 11.2. The molecule has 0 unspecified atom stereocenters. The fourth-order valence-electron chi connectivity index (χ4n) is 5.72. The Balaban J connectivity index is 1.59. The fraction of sp³-hybridized carbons (Fsp3) is 0.412. The lowest BCUT2D eigenvalue weighted by molar-refractivity contribution is -0.210. The molecule has 0 radical (unpaired) electrons. The molecule has 5 rings (SSSR count). The van der Waals surface area contributed by atoms with Crippen LogP contribution in [-0.4, -0.2) is 72.2 Å². The zero-order valence-electron chi connectivity index (χ0n) is 24.8. The van der Waals surface area contributed by atoms with Gasteiger partial charge in [-0.25, -0.2) is 14.4 Å². The van der Waals surface area contributed by atoms with Crippen LogP contribution in [0.25, 0.3) is 0 Å². The fourth-order valence-corrected chi connectivity index (χ4v) is 5.97. The van der Waals surface area contributed by atoms with E-state index in [-0.39, 0.29) is 24.1 Å². The molecule has 2 saturated heterocycles. The van der Waals surface area contributed by atoms with E-state index in [0.29, 0.717) is 49.2 Å². The smallest absolute Gasteiger partial charge is 0.271 e. The molecule has 3 aromatic rings. The normalized spacial score (nSPS) is 21.0. The van der Waals surface area contributed by atoms with Gasteiger partial charge in [0, 0.05) is 42.5 Å². The molecule has 234 valence electrons. The monoisotopic (exact) mass is 641 g/mol. The number of morpholine rings is 2. The van der Waals surface area contributed by atoms with Crippen molar-refractivity contribution in [2.45, 2.75) is 50.9 Å². The number of carbonyl (C=O) groups is 2. The quantitative estimate of drug-likeness (QED) is 0.235. The van der Waals surface area contributed by atoms with Crippen LogP contribution in [0.2, 0.25) is 10.0 Å². The average molecular weight is 643 g/mol. The number of halogens is 3. The molecule has 44 heavy (non-hydrogen) atoms. The topological polar surface area (TPSA) is 62.3 Å². The van der Waals surface area contributed by atoms with Crippen molar-refractivity contribution in [3.05, 3.63) is 105 Å². The third-order valence-electron chi connectivity index (χ3n) is 8.13. The summed E-state index contributed by atoms with van der Waals surface area (Å²) in [5.41, 5.74) is 2.34. The second-order valence-corrected chi connectivity index (χ2v) is 12.1. The van der Waals surface area contributed by atoms with Crippen LogP contribution in [0.3, 0.4) is 0 Å². The Morgan fingerprint density at radius 2 is 1.55 bits per heavy atom. The van der Waals surface area contributed by atoms with Gasteiger partial charge in [-0.3, -0.25) is 14.5 Å². The van der Waals surface area contributed by atoms with Crippen molar-refractivity contribution in [3.63, 3.8) is 0 Å². The first-order valence-corrected chi connectivity index (χ1v) is 15.9. The number of amides is 2. The predicted octanol–water partition coefficient (Wildman–Crippen LogP) is 6.65. The van der Waals surface area contributed by atoms with Crippen LogP contribution in [0.5, 0.6) is 0 Å². The molecule has 2 heterocycles. The van der Waals surface area contributed by atoms with E-state index in [4.69, 9.17) is 32.7 Å². The van der Waals surface area contributed by atoms with E-state index in [1.807, 2.05) is 31.2 Å². The molecular weight excluding hydrogens is 604 g/mol. The molecule has 2 aliphatic heterocycles. The molecule has 0 aromatic heterocycles. The van der Waals surface area contributed by atoms with Gasteiger partial charge in [0.2, 0.25) is 5.91 Å². The van der Waals surface area contributed by atoms with Gasteiger partial charge in [-0.15, -0.1) is 0 Å². The summed E-state index contributed by atoms with van der Waals surface area (Å²) in [5, 5.41) is 4.39. The van der Waals surface area contributed by atoms with Crippen LogP contribution in [0, 0.1) is 5.82 Å². The lowest BCUT2D eigenvalue weighted by Gasteiger charge is -2.49. The summed E-state index contributed by atoms with van der Waals surface area (Å²) in [7, 11) is 0. The van der Waals surface area contributed by atoms with Gasteiger partial charge in [0.1, 0.15) is 24.1 Å². The lowest BCUT2D eigenvalue weighted by Crippen LogP contribution is -2.61. The van der Waals surface area contributed by atoms with Crippen LogP contribution < -0.4 is 0 Å². The summed E-state index contributed by atoms with van der Waals surface area (Å²) in [6.45, 7) is 5.74. The first-order valence-electron chi connectivity index (χ1n) is 15.2. The summed E-state index contributed by atoms with van der Waals surface area (Å²) < 4.78 is 25.9. The maximum atomic E-state index is 14.6. The second kappa shape index (κ2) is 15.3. The van der Waals surface area contributed by atoms with Gasteiger partial charge in [0.05, 0.1) is 19.8 Å². The van der Waals surface area contributed by atoms with Crippen molar-refractivity contribution in [1.82, 2.24) is 14.9 Å². The van der Waals surface area contributed by atoms with Crippen molar-refractivity contribution in [3.8, 4) is 0 Å². The van der Waals surface area contributed by atoms with E-state index in [1.54, 1.807) is 46.4 Å². The first kappa shape index (κ1) is 32.4. The summed E-state index contributed by atoms with van der Waals surface area (Å²) in [6, 6.07) is 20.0. The van der Waals surface area contributed by atoms with Gasteiger partial charge < -0.3 is 9.47 Å². The number of hydrogen-bond donors (Lipinski definition) is 0. The highest BCUT2D eigenvalue weighted by molar-refractivity contribution is 6.30. The van der Waals surface area contributed by atoms with Crippen LogP contribution in [0.4, 0.5) is 4.39 Å². The standard InChI is InChI=1S/C34H38Cl2FN3O4/c1-2-3-4-31(41)39(18-17-38-19-21-43-22-20-38)40-32(25-7-11-27(35)12-8-25)33(26-9-13-28(36)14-10-26)44-30(34(40)42)23-24-5-15-29(37)16-6-24/h5-16,30,32-33H,2-4,17-23H2,1H3/t30-,32+,33-/m1/s1. The number of unbranched alkanes of at least 4 members (excludes halogenated alkanes) is 1. The molecule has 2 fully saturated rings. The maximum absolute atomic E-state index is 14.6. The van der Waals surface area contributed by atoms with Crippen LogP contribution >= 0.6 is 23.2 Å². The van der Waals surface area contributed by atoms with E-state index >= 15 is 0 Å².